The fourth-order valence-electron chi connectivity index (χ4n) is 2.77. The van der Waals surface area contributed by atoms with Crippen molar-refractivity contribution >= 4 is 33.4 Å². The third-order valence-electron chi connectivity index (χ3n) is 3.74. The molecular formula is C14H14N2O4S. The molecule has 6 nitrogen and oxygen atoms in total. The van der Waals surface area contributed by atoms with Crippen molar-refractivity contribution in [2.24, 2.45) is 0 Å². The minimum atomic E-state index is -1.04. The zero-order valence-corrected chi connectivity index (χ0v) is 12.2. The molecule has 0 aliphatic carbocycles. The lowest BCUT2D eigenvalue weighted by atomic mass is 10.2. The lowest BCUT2D eigenvalue weighted by Crippen LogP contribution is -2.34. The highest BCUT2D eigenvalue weighted by Crippen LogP contribution is 2.29. The largest absolute Gasteiger partial charge is 0.480 e. The third-order valence-corrected chi connectivity index (χ3v) is 4.85. The predicted octanol–water partition coefficient (Wildman–Crippen LogP) is 1.23. The number of aryl methyl sites for hydroxylation is 1. The van der Waals surface area contributed by atoms with Gasteiger partial charge < -0.3 is 10.0 Å². The second kappa shape index (κ2) is 5.00. The summed E-state index contributed by atoms with van der Waals surface area (Å²) in [5, 5.41) is 8.81. The molecular weight excluding hydrogens is 292 g/mol. The van der Waals surface area contributed by atoms with Crippen molar-refractivity contribution in [2.45, 2.75) is 19.4 Å². The predicted molar refractivity (Wildman–Crippen MR) is 78.7 cm³/mol. The first-order valence-electron chi connectivity index (χ1n) is 6.60. The Balaban J connectivity index is 2.04. The summed E-state index contributed by atoms with van der Waals surface area (Å²) in [7, 11) is 0. The van der Waals surface area contributed by atoms with Gasteiger partial charge in [0.15, 0.2) is 0 Å². The Morgan fingerprint density at radius 2 is 2.19 bits per heavy atom. The van der Waals surface area contributed by atoms with E-state index >= 15 is 0 Å². The van der Waals surface area contributed by atoms with Crippen LogP contribution in [0.15, 0.2) is 23.0 Å². The zero-order chi connectivity index (χ0) is 15.1. The van der Waals surface area contributed by atoms with Crippen LogP contribution in [0.25, 0.3) is 10.2 Å². The van der Waals surface area contributed by atoms with Crippen molar-refractivity contribution < 1.29 is 14.7 Å². The average molecular weight is 306 g/mol. The van der Waals surface area contributed by atoms with Crippen molar-refractivity contribution in [3.05, 3.63) is 33.4 Å². The highest BCUT2D eigenvalue weighted by molar-refractivity contribution is 7.16. The van der Waals surface area contributed by atoms with Gasteiger partial charge in [0.25, 0.3) is 0 Å². The van der Waals surface area contributed by atoms with Crippen LogP contribution in [-0.2, 0) is 9.59 Å². The van der Waals surface area contributed by atoms with Crippen molar-refractivity contribution in [1.82, 2.24) is 9.47 Å². The summed E-state index contributed by atoms with van der Waals surface area (Å²) in [5.74, 6) is -1.33. The molecule has 1 amide bonds. The molecule has 7 heteroatoms. The van der Waals surface area contributed by atoms with E-state index < -0.39 is 12.0 Å². The first kappa shape index (κ1) is 13.8. The lowest BCUT2D eigenvalue weighted by molar-refractivity contribution is -0.143. The smallest absolute Gasteiger partial charge is 0.323 e. The van der Waals surface area contributed by atoms with Crippen LogP contribution >= 0.6 is 11.3 Å². The number of benzene rings is 1. The summed E-state index contributed by atoms with van der Waals surface area (Å²) < 4.78 is 2.39. The summed E-state index contributed by atoms with van der Waals surface area (Å²) >= 11 is 1.13. The van der Waals surface area contributed by atoms with E-state index in [1.165, 1.54) is 9.47 Å². The highest BCUT2D eigenvalue weighted by atomic mass is 32.1. The van der Waals surface area contributed by atoms with Gasteiger partial charge in [-0.15, -0.1) is 0 Å². The quantitative estimate of drug-likeness (QED) is 0.925. The molecule has 21 heavy (non-hydrogen) atoms. The molecule has 1 aromatic heterocycles. The van der Waals surface area contributed by atoms with E-state index in [2.05, 4.69) is 0 Å². The van der Waals surface area contributed by atoms with E-state index in [9.17, 15) is 14.4 Å². The molecule has 0 bridgehead atoms. The van der Waals surface area contributed by atoms with Gasteiger partial charge in [-0.2, -0.15) is 0 Å². The first-order valence-corrected chi connectivity index (χ1v) is 7.42. The second-order valence-electron chi connectivity index (χ2n) is 5.12. The number of carbonyl (C=O) groups excluding carboxylic acids is 1. The standard InChI is InChI=1S/C14H14N2O4S/c1-8-3-2-4-9-12(8)21-14(20)16(9)10-5-6-15(13(10)19)7-11(17)18/h2-4,10H,5-7H2,1H3,(H,17,18). The van der Waals surface area contributed by atoms with Crippen LogP contribution in [0.5, 0.6) is 0 Å². The fourth-order valence-corrected chi connectivity index (χ4v) is 3.77. The average Bonchev–Trinajstić information content (AvgIpc) is 2.92. The molecule has 2 heterocycles. The van der Waals surface area contributed by atoms with Gasteiger partial charge in [-0.25, -0.2) is 0 Å². The molecule has 1 aromatic carbocycles. The van der Waals surface area contributed by atoms with E-state index in [4.69, 9.17) is 5.11 Å². The summed E-state index contributed by atoms with van der Waals surface area (Å²) in [6, 6.07) is 5.02. The molecule has 1 fully saturated rings. The molecule has 3 rings (SSSR count). The van der Waals surface area contributed by atoms with Crippen molar-refractivity contribution in [1.29, 1.82) is 0 Å². The third kappa shape index (κ3) is 2.23. The Labute approximate surface area is 124 Å². The number of nitrogens with zero attached hydrogens (tertiary/aromatic N) is 2. The summed E-state index contributed by atoms with van der Waals surface area (Å²) in [6.45, 7) is 1.98. The van der Waals surface area contributed by atoms with E-state index in [0.29, 0.717) is 13.0 Å². The van der Waals surface area contributed by atoms with Crippen LogP contribution in [0.3, 0.4) is 0 Å². The van der Waals surface area contributed by atoms with Crippen molar-refractivity contribution in [3.63, 3.8) is 0 Å². The zero-order valence-electron chi connectivity index (χ0n) is 11.4. The molecule has 0 radical (unpaired) electrons. The van der Waals surface area contributed by atoms with Gasteiger partial charge >= 0.3 is 10.8 Å². The summed E-state index contributed by atoms with van der Waals surface area (Å²) in [5.41, 5.74) is 1.75. The molecule has 110 valence electrons. The van der Waals surface area contributed by atoms with E-state index in [-0.39, 0.29) is 17.3 Å². The molecule has 1 aliphatic heterocycles. The van der Waals surface area contributed by atoms with Gasteiger partial charge in [0.2, 0.25) is 5.91 Å². The monoisotopic (exact) mass is 306 g/mol. The van der Waals surface area contributed by atoms with Gasteiger partial charge in [0, 0.05) is 6.54 Å². The van der Waals surface area contributed by atoms with Gasteiger partial charge in [-0.3, -0.25) is 19.0 Å². The Morgan fingerprint density at radius 1 is 1.43 bits per heavy atom. The van der Waals surface area contributed by atoms with Crippen LogP contribution < -0.4 is 4.87 Å². The minimum Gasteiger partial charge on any atom is -0.480 e. The maximum absolute atomic E-state index is 12.3. The number of fused-ring (bicyclic) bond motifs is 1. The number of hydrogen-bond donors (Lipinski definition) is 1. The van der Waals surface area contributed by atoms with Gasteiger partial charge in [-0.1, -0.05) is 23.5 Å². The Morgan fingerprint density at radius 3 is 2.90 bits per heavy atom. The molecule has 1 saturated heterocycles. The second-order valence-corrected chi connectivity index (χ2v) is 6.08. The number of likely N-dealkylation sites (tertiary alicyclic amines) is 1. The van der Waals surface area contributed by atoms with Crippen molar-refractivity contribution in [3.8, 4) is 0 Å². The molecule has 0 spiro atoms. The minimum absolute atomic E-state index is 0.171. The number of thiazole rings is 1. The molecule has 1 aliphatic rings. The van der Waals surface area contributed by atoms with Crippen LogP contribution in [-0.4, -0.2) is 39.5 Å². The summed E-state index contributed by atoms with van der Waals surface area (Å²) in [6.07, 6.45) is 0.464. The number of carbonyl (C=O) groups is 2. The van der Waals surface area contributed by atoms with Crippen molar-refractivity contribution in [2.75, 3.05) is 13.1 Å². The lowest BCUT2D eigenvalue weighted by Gasteiger charge is -2.14. The van der Waals surface area contributed by atoms with Crippen LogP contribution in [0.4, 0.5) is 0 Å². The molecule has 0 saturated carbocycles. The van der Waals surface area contributed by atoms with Gasteiger partial charge in [-0.05, 0) is 25.0 Å². The normalized spacial score (nSPS) is 18.6. The summed E-state index contributed by atoms with van der Waals surface area (Å²) in [4.78, 5) is 36.5. The maximum Gasteiger partial charge on any atom is 0.323 e. The molecule has 1 N–H and O–H groups in total. The molecule has 1 atom stereocenters. The SMILES string of the molecule is Cc1cccc2c1sc(=O)n2C1CCN(CC(=O)O)C1=O. The Kier molecular flexibility index (Phi) is 3.29. The van der Waals surface area contributed by atoms with Gasteiger partial charge in [0.05, 0.1) is 10.2 Å². The number of carboxylic acids is 1. The van der Waals surface area contributed by atoms with Gasteiger partial charge in [0.1, 0.15) is 12.6 Å². The maximum atomic E-state index is 12.3. The van der Waals surface area contributed by atoms with Crippen LogP contribution in [0.1, 0.15) is 18.0 Å². The number of rotatable bonds is 3. The number of amides is 1. The van der Waals surface area contributed by atoms with Crippen LogP contribution in [0, 0.1) is 6.92 Å². The Bertz CT molecular complexity index is 792. The Hall–Kier alpha value is -2.15. The first-order chi connectivity index (χ1) is 9.99. The van der Waals surface area contributed by atoms with E-state index in [1.807, 2.05) is 25.1 Å². The number of aromatic nitrogens is 1. The van der Waals surface area contributed by atoms with E-state index in [1.54, 1.807) is 0 Å². The topological polar surface area (TPSA) is 79.6 Å². The van der Waals surface area contributed by atoms with E-state index in [0.717, 1.165) is 27.1 Å². The highest BCUT2D eigenvalue weighted by Gasteiger charge is 2.35. The number of aliphatic carboxylic acids is 1. The number of hydrogen-bond acceptors (Lipinski definition) is 4. The molecule has 2 aromatic rings. The number of carboxylic acid groups (broad SMARTS) is 1. The van der Waals surface area contributed by atoms with Crippen LogP contribution in [0.2, 0.25) is 0 Å². The molecule has 1 unspecified atom stereocenters. The fraction of sp³-hybridized carbons (Fsp3) is 0.357.